The summed E-state index contributed by atoms with van der Waals surface area (Å²) < 4.78 is 16.3. The van der Waals surface area contributed by atoms with E-state index in [0.29, 0.717) is 32.0 Å². The van der Waals surface area contributed by atoms with Crippen molar-refractivity contribution in [1.82, 2.24) is 10.3 Å². The lowest BCUT2D eigenvalue weighted by molar-refractivity contribution is -0.122. The second-order valence-corrected chi connectivity index (χ2v) is 13.0. The number of anilines is 2. The monoisotopic (exact) mass is 675 g/mol. The fraction of sp³-hybridized carbons (Fsp3) is 0.310. The van der Waals surface area contributed by atoms with Crippen LogP contribution in [0.25, 0.3) is 0 Å². The molecule has 1 spiro atoms. The Morgan fingerprint density at radius 3 is 2.60 bits per heavy atom. The number of hydrogen-bond acceptors (Lipinski definition) is 5. The number of amides is 3. The third kappa shape index (κ3) is 4.86. The molecular formula is C29H28ClFIN5O3. The first-order chi connectivity index (χ1) is 18.8. The molecule has 3 heterocycles. The first kappa shape index (κ1) is 28.4. The van der Waals surface area contributed by atoms with Gasteiger partial charge >= 0.3 is 0 Å². The molecule has 2 aliphatic heterocycles. The third-order valence-corrected chi connectivity index (χ3v) is 8.57. The van der Waals surface area contributed by atoms with E-state index in [4.69, 9.17) is 17.3 Å². The van der Waals surface area contributed by atoms with E-state index >= 15 is 4.39 Å². The Balaban J connectivity index is 1.69. The number of benzene rings is 2. The van der Waals surface area contributed by atoms with Crippen LogP contribution in [0.5, 0.6) is 0 Å². The molecule has 3 aromatic rings. The Morgan fingerprint density at radius 1 is 1.20 bits per heavy atom. The van der Waals surface area contributed by atoms with E-state index in [1.165, 1.54) is 18.3 Å². The molecule has 5 rings (SSSR count). The van der Waals surface area contributed by atoms with Crippen molar-refractivity contribution < 1.29 is 18.8 Å². The summed E-state index contributed by atoms with van der Waals surface area (Å²) in [7, 11) is 0. The number of hydrogen-bond donors (Lipinski definition) is 4. The van der Waals surface area contributed by atoms with Crippen LogP contribution in [0.3, 0.4) is 0 Å². The number of fused-ring (bicyclic) bond motifs is 2. The predicted octanol–water partition coefficient (Wildman–Crippen LogP) is 4.97. The molecular weight excluding hydrogens is 648 g/mol. The number of nitrogens with one attached hydrogen (secondary N) is 3. The van der Waals surface area contributed by atoms with Crippen molar-refractivity contribution in [1.29, 1.82) is 0 Å². The second-order valence-electron chi connectivity index (χ2n) is 11.4. The Morgan fingerprint density at radius 2 is 1.95 bits per heavy atom. The molecule has 1 fully saturated rings. The number of carbonyl (C=O) groups is 3. The summed E-state index contributed by atoms with van der Waals surface area (Å²) in [6.07, 6.45) is 1.85. The van der Waals surface area contributed by atoms with Gasteiger partial charge in [-0.1, -0.05) is 50.6 Å². The molecule has 1 saturated heterocycles. The van der Waals surface area contributed by atoms with Crippen LogP contribution in [0.15, 0.2) is 54.7 Å². The van der Waals surface area contributed by atoms with Gasteiger partial charge in [-0.2, -0.15) is 0 Å². The largest absolute Gasteiger partial charge is 0.364 e. The number of nitrogens with zero attached hydrogens (tertiary/aromatic N) is 1. The van der Waals surface area contributed by atoms with Crippen LogP contribution < -0.4 is 21.7 Å². The highest BCUT2D eigenvalue weighted by Gasteiger charge is 2.66. The number of carbonyl (C=O) groups excluding carboxylic acids is 3. The van der Waals surface area contributed by atoms with Crippen LogP contribution in [0.2, 0.25) is 5.02 Å². The molecule has 8 nitrogen and oxygen atoms in total. The fourth-order valence-electron chi connectivity index (χ4n) is 5.99. The lowest BCUT2D eigenvalue weighted by Crippen LogP contribution is -2.49. The zero-order valence-corrected chi connectivity index (χ0v) is 24.9. The Hall–Kier alpha value is -3.09. The zero-order valence-electron chi connectivity index (χ0n) is 22.0. The number of halogens is 3. The van der Waals surface area contributed by atoms with Crippen LogP contribution in [-0.2, 0) is 15.0 Å². The van der Waals surface area contributed by atoms with Gasteiger partial charge in [-0.3, -0.25) is 14.4 Å². The van der Waals surface area contributed by atoms with E-state index in [0.717, 1.165) is 0 Å². The first-order valence-corrected chi connectivity index (χ1v) is 14.2. The van der Waals surface area contributed by atoms with Gasteiger partial charge in [0.2, 0.25) is 11.8 Å². The average molecular weight is 676 g/mol. The second kappa shape index (κ2) is 10.4. The topological polar surface area (TPSA) is 126 Å². The molecule has 0 radical (unpaired) electrons. The van der Waals surface area contributed by atoms with Crippen LogP contribution in [0, 0.1) is 14.8 Å². The summed E-state index contributed by atoms with van der Waals surface area (Å²) in [5, 5.41) is 9.69. The summed E-state index contributed by atoms with van der Waals surface area (Å²) in [5.41, 5.74) is 5.58. The van der Waals surface area contributed by atoms with Gasteiger partial charge in [0.25, 0.3) is 5.91 Å². The van der Waals surface area contributed by atoms with Crippen LogP contribution in [0.4, 0.5) is 15.8 Å². The summed E-state index contributed by atoms with van der Waals surface area (Å²) in [4.78, 5) is 43.6. The Bertz CT molecular complexity index is 1530. The standard InChI is InChI=1S/C29H28ClFIN5O3/c1-28(2,3)12-21-29(17-9-7-14(30)11-20(17)36-27(29)40)22(16-5-4-6-18(32)23(16)31)24(37-21)26(39)35-15-8-10-19(25(33)38)34-13-15/h4-11,13,21-22,24,37H,12H2,1-3H3,(H2,33,38)(H,35,39)(H,36,40)/t21-,22-,24+,29+/m0/s1. The van der Waals surface area contributed by atoms with Gasteiger partial charge < -0.3 is 21.7 Å². The van der Waals surface area contributed by atoms with Crippen molar-refractivity contribution in [2.75, 3.05) is 10.6 Å². The summed E-state index contributed by atoms with van der Waals surface area (Å²) in [5.74, 6) is -2.87. The van der Waals surface area contributed by atoms with E-state index in [1.807, 2.05) is 22.6 Å². The maximum Gasteiger partial charge on any atom is 0.267 e. The Labute approximate surface area is 249 Å². The van der Waals surface area contributed by atoms with Crippen molar-refractivity contribution in [3.63, 3.8) is 0 Å². The minimum atomic E-state index is -1.31. The minimum Gasteiger partial charge on any atom is -0.364 e. The van der Waals surface area contributed by atoms with Crippen molar-refractivity contribution in [2.45, 2.75) is 50.6 Å². The number of aromatic nitrogens is 1. The van der Waals surface area contributed by atoms with Crippen LogP contribution in [-0.4, -0.2) is 34.8 Å². The molecule has 2 aliphatic rings. The molecule has 0 aliphatic carbocycles. The van der Waals surface area contributed by atoms with Crippen molar-refractivity contribution >= 4 is 63.3 Å². The highest BCUT2D eigenvalue weighted by atomic mass is 127. The van der Waals surface area contributed by atoms with Gasteiger partial charge in [-0.15, -0.1) is 0 Å². The van der Waals surface area contributed by atoms with Gasteiger partial charge in [-0.25, -0.2) is 9.37 Å². The molecule has 5 N–H and O–H groups in total. The molecule has 2 aromatic carbocycles. The third-order valence-electron chi connectivity index (χ3n) is 7.50. The van der Waals surface area contributed by atoms with Gasteiger partial charge in [0.1, 0.15) is 16.9 Å². The van der Waals surface area contributed by atoms with E-state index < -0.39 is 41.0 Å². The average Bonchev–Trinajstić information content (AvgIpc) is 3.35. The molecule has 40 heavy (non-hydrogen) atoms. The maximum atomic E-state index is 15.9. The zero-order chi connectivity index (χ0) is 29.0. The number of pyridine rings is 1. The van der Waals surface area contributed by atoms with Crippen LogP contribution in [0.1, 0.15) is 54.7 Å². The molecule has 3 amide bonds. The molecule has 208 valence electrons. The lowest BCUT2D eigenvalue weighted by atomic mass is 9.62. The number of rotatable bonds is 5. The van der Waals surface area contributed by atoms with Crippen LogP contribution >= 0.6 is 34.2 Å². The van der Waals surface area contributed by atoms with E-state index in [1.54, 1.807) is 36.4 Å². The summed E-state index contributed by atoms with van der Waals surface area (Å²) in [6, 6.07) is 11.6. The predicted molar refractivity (Wildman–Crippen MR) is 160 cm³/mol. The summed E-state index contributed by atoms with van der Waals surface area (Å²) in [6.45, 7) is 6.16. The van der Waals surface area contributed by atoms with Gasteiger partial charge in [0.15, 0.2) is 0 Å². The van der Waals surface area contributed by atoms with E-state index in [2.05, 4.69) is 41.7 Å². The van der Waals surface area contributed by atoms with Gasteiger partial charge in [0, 0.05) is 26.2 Å². The summed E-state index contributed by atoms with van der Waals surface area (Å²) >= 11 is 8.20. The highest BCUT2D eigenvalue weighted by Crippen LogP contribution is 2.57. The number of nitrogens with two attached hydrogens (primary N) is 1. The number of primary amides is 1. The minimum absolute atomic E-state index is 0.0536. The molecule has 0 bridgehead atoms. The molecule has 0 saturated carbocycles. The van der Waals surface area contributed by atoms with Gasteiger partial charge in [0.05, 0.1) is 17.9 Å². The quantitative estimate of drug-likeness (QED) is 0.285. The lowest BCUT2D eigenvalue weighted by Gasteiger charge is -2.37. The van der Waals surface area contributed by atoms with E-state index in [9.17, 15) is 14.4 Å². The first-order valence-electron chi connectivity index (χ1n) is 12.7. The highest BCUT2D eigenvalue weighted by molar-refractivity contribution is 14.1. The SMILES string of the molecule is CC(C)(C)C[C@@H]1N[C@@H](C(=O)Nc2ccc(C(N)=O)nc2)[C@H](c2cccc(I)c2F)[C@]12C(=O)Nc1cc(Cl)ccc12. The molecule has 11 heteroatoms. The molecule has 4 atom stereocenters. The Kier molecular flexibility index (Phi) is 7.38. The van der Waals surface area contributed by atoms with Crippen molar-refractivity contribution in [3.05, 3.63) is 86.0 Å². The maximum absolute atomic E-state index is 15.9. The fourth-order valence-corrected chi connectivity index (χ4v) is 6.68. The van der Waals surface area contributed by atoms with Crippen molar-refractivity contribution in [2.24, 2.45) is 11.1 Å². The van der Waals surface area contributed by atoms with Gasteiger partial charge in [-0.05, 0) is 75.9 Å². The molecule has 1 aromatic heterocycles. The molecule has 0 unspecified atom stereocenters. The smallest absolute Gasteiger partial charge is 0.267 e. The van der Waals surface area contributed by atoms with Crippen molar-refractivity contribution in [3.8, 4) is 0 Å². The van der Waals surface area contributed by atoms with E-state index in [-0.39, 0.29) is 22.6 Å². The normalized spacial score (nSPS) is 23.6.